The molecule has 3 heterocycles. The van der Waals surface area contributed by atoms with Crippen LogP contribution in [0.2, 0.25) is 5.15 Å². The van der Waals surface area contributed by atoms with E-state index in [1.54, 1.807) is 6.33 Å². The summed E-state index contributed by atoms with van der Waals surface area (Å²) in [7, 11) is 0. The first kappa shape index (κ1) is 12.5. The smallest absolute Gasteiger partial charge is 0.194 e. The molecule has 0 spiro atoms. The van der Waals surface area contributed by atoms with Crippen molar-refractivity contribution in [2.45, 2.75) is 25.2 Å². The summed E-state index contributed by atoms with van der Waals surface area (Å²) in [5.74, 6) is 0. The molecule has 8 heteroatoms. The molecule has 1 aliphatic heterocycles. The van der Waals surface area contributed by atoms with Gasteiger partial charge in [0.05, 0.1) is 19.0 Å². The lowest BCUT2D eigenvalue weighted by molar-refractivity contribution is -0.0207. The van der Waals surface area contributed by atoms with Crippen molar-refractivity contribution < 1.29 is 9.84 Å². The van der Waals surface area contributed by atoms with Crippen LogP contribution in [0.15, 0.2) is 6.33 Å². The summed E-state index contributed by atoms with van der Waals surface area (Å²) in [6, 6.07) is 0. The molecule has 2 aromatic heterocycles. The van der Waals surface area contributed by atoms with Gasteiger partial charge in [0.1, 0.15) is 11.7 Å². The van der Waals surface area contributed by atoms with Crippen LogP contribution in [0, 0.1) is 3.83 Å². The number of fused-ring (bicyclic) bond motifs is 1. The molecular weight excluding hydrogens is 370 g/mol. The quantitative estimate of drug-likeness (QED) is 0.488. The van der Waals surface area contributed by atoms with Gasteiger partial charge in [-0.3, -0.25) is 4.57 Å². The Bertz CT molecular complexity index is 591. The number of ether oxygens (including phenoxy) is 1. The standard InChI is InChI=1S/C10H10ClIN4O2/c11-8-7-9(15-10(12)14-8)16(4-13-7)6-2-1-5(3-17)18-6/h4-6,17H,1-3H2/t5-,6+/m0/s1. The molecule has 2 aromatic rings. The molecule has 3 rings (SSSR count). The first-order chi connectivity index (χ1) is 8.69. The van der Waals surface area contributed by atoms with E-state index in [9.17, 15) is 0 Å². The number of rotatable bonds is 2. The minimum absolute atomic E-state index is 0.0381. The van der Waals surface area contributed by atoms with E-state index >= 15 is 0 Å². The molecule has 1 aliphatic rings. The Morgan fingerprint density at radius 2 is 2.33 bits per heavy atom. The maximum absolute atomic E-state index is 9.09. The van der Waals surface area contributed by atoms with E-state index in [0.29, 0.717) is 20.1 Å². The summed E-state index contributed by atoms with van der Waals surface area (Å²) in [5, 5.41) is 9.43. The summed E-state index contributed by atoms with van der Waals surface area (Å²) in [4.78, 5) is 12.6. The molecular formula is C10H10ClIN4O2. The number of aliphatic hydroxyl groups is 1. The third kappa shape index (κ3) is 2.09. The van der Waals surface area contributed by atoms with E-state index in [1.807, 2.05) is 27.2 Å². The predicted octanol–water partition coefficient (Wildman–Crippen LogP) is 1.75. The predicted molar refractivity (Wildman–Crippen MR) is 73.3 cm³/mol. The van der Waals surface area contributed by atoms with Crippen molar-refractivity contribution in [3.63, 3.8) is 0 Å². The van der Waals surface area contributed by atoms with Crippen molar-refractivity contribution in [1.82, 2.24) is 19.5 Å². The van der Waals surface area contributed by atoms with Crippen LogP contribution in [0.3, 0.4) is 0 Å². The lowest BCUT2D eigenvalue weighted by atomic mass is 10.2. The molecule has 0 aromatic carbocycles. The van der Waals surface area contributed by atoms with Crippen molar-refractivity contribution in [2.75, 3.05) is 6.61 Å². The van der Waals surface area contributed by atoms with Crippen LogP contribution in [-0.2, 0) is 4.74 Å². The molecule has 0 radical (unpaired) electrons. The summed E-state index contributed by atoms with van der Waals surface area (Å²) < 4.78 is 8.13. The van der Waals surface area contributed by atoms with Crippen molar-refractivity contribution >= 4 is 45.4 Å². The zero-order valence-electron chi connectivity index (χ0n) is 9.25. The summed E-state index contributed by atoms with van der Waals surface area (Å²) >= 11 is 8.04. The van der Waals surface area contributed by atoms with Gasteiger partial charge in [-0.05, 0) is 12.8 Å². The van der Waals surface area contributed by atoms with E-state index in [1.165, 1.54) is 0 Å². The second-order valence-electron chi connectivity index (χ2n) is 4.08. The fourth-order valence-electron chi connectivity index (χ4n) is 2.09. The maximum Gasteiger partial charge on any atom is 0.194 e. The fraction of sp³-hybridized carbons (Fsp3) is 0.500. The van der Waals surface area contributed by atoms with Gasteiger partial charge in [-0.25, -0.2) is 15.0 Å². The van der Waals surface area contributed by atoms with Crippen LogP contribution in [0.4, 0.5) is 0 Å². The van der Waals surface area contributed by atoms with Crippen LogP contribution in [0.1, 0.15) is 19.1 Å². The Morgan fingerprint density at radius 3 is 3.06 bits per heavy atom. The van der Waals surface area contributed by atoms with E-state index in [-0.39, 0.29) is 18.9 Å². The molecule has 6 nitrogen and oxygen atoms in total. The highest BCUT2D eigenvalue weighted by atomic mass is 127. The first-order valence-electron chi connectivity index (χ1n) is 5.51. The minimum Gasteiger partial charge on any atom is -0.394 e. The number of hydrogen-bond donors (Lipinski definition) is 1. The largest absolute Gasteiger partial charge is 0.394 e. The van der Waals surface area contributed by atoms with E-state index in [2.05, 4.69) is 15.0 Å². The highest BCUT2D eigenvalue weighted by molar-refractivity contribution is 14.1. The SMILES string of the molecule is OC[C@@H]1CC[C@H](n2cnc3c(Cl)nc(I)nc32)O1. The number of nitrogens with zero attached hydrogens (tertiary/aromatic N) is 4. The zero-order chi connectivity index (χ0) is 12.7. The van der Waals surface area contributed by atoms with Gasteiger partial charge in [-0.2, -0.15) is 0 Å². The van der Waals surface area contributed by atoms with Crippen LogP contribution >= 0.6 is 34.2 Å². The third-order valence-corrected chi connectivity index (χ3v) is 3.70. The maximum atomic E-state index is 9.09. The summed E-state index contributed by atoms with van der Waals surface area (Å²) in [6.45, 7) is 0.0381. The van der Waals surface area contributed by atoms with Gasteiger partial charge in [0, 0.05) is 22.6 Å². The number of imidazole rings is 1. The third-order valence-electron chi connectivity index (χ3n) is 2.95. The molecule has 1 saturated heterocycles. The van der Waals surface area contributed by atoms with Crippen molar-refractivity contribution in [1.29, 1.82) is 0 Å². The Labute approximate surface area is 121 Å². The molecule has 18 heavy (non-hydrogen) atoms. The minimum atomic E-state index is -0.145. The Hall–Kier alpha value is -0.510. The Kier molecular flexibility index (Phi) is 3.39. The highest BCUT2D eigenvalue weighted by Gasteiger charge is 2.27. The van der Waals surface area contributed by atoms with Crippen molar-refractivity contribution in [2.24, 2.45) is 0 Å². The number of halogens is 2. The Morgan fingerprint density at radius 1 is 1.50 bits per heavy atom. The molecule has 0 aliphatic carbocycles. The molecule has 0 amide bonds. The van der Waals surface area contributed by atoms with Gasteiger partial charge in [0.2, 0.25) is 0 Å². The molecule has 1 N–H and O–H groups in total. The van der Waals surface area contributed by atoms with Crippen molar-refractivity contribution in [3.05, 3.63) is 15.3 Å². The van der Waals surface area contributed by atoms with Crippen LogP contribution in [-0.4, -0.2) is 37.3 Å². The second kappa shape index (κ2) is 4.87. The molecule has 1 fully saturated rings. The normalized spacial score (nSPS) is 23.9. The second-order valence-corrected chi connectivity index (χ2v) is 5.40. The summed E-state index contributed by atoms with van der Waals surface area (Å²) in [6.07, 6.45) is 3.06. The monoisotopic (exact) mass is 380 g/mol. The Balaban J connectivity index is 2.03. The van der Waals surface area contributed by atoms with E-state index < -0.39 is 0 Å². The van der Waals surface area contributed by atoms with Crippen molar-refractivity contribution in [3.8, 4) is 0 Å². The first-order valence-corrected chi connectivity index (χ1v) is 6.96. The molecule has 0 unspecified atom stereocenters. The molecule has 2 atom stereocenters. The van der Waals surface area contributed by atoms with Crippen LogP contribution < -0.4 is 0 Å². The van der Waals surface area contributed by atoms with Gasteiger partial charge in [0.15, 0.2) is 14.6 Å². The number of hydrogen-bond acceptors (Lipinski definition) is 5. The lowest BCUT2D eigenvalue weighted by Gasteiger charge is -2.13. The van der Waals surface area contributed by atoms with Gasteiger partial charge < -0.3 is 9.84 Å². The molecule has 0 bridgehead atoms. The average molecular weight is 381 g/mol. The van der Waals surface area contributed by atoms with Gasteiger partial charge in [-0.1, -0.05) is 11.6 Å². The fourth-order valence-corrected chi connectivity index (χ4v) is 2.92. The zero-order valence-corrected chi connectivity index (χ0v) is 12.2. The van der Waals surface area contributed by atoms with Crippen LogP contribution in [0.25, 0.3) is 11.2 Å². The topological polar surface area (TPSA) is 73.1 Å². The molecule has 96 valence electrons. The number of aliphatic hydroxyl groups excluding tert-OH is 1. The summed E-state index contributed by atoms with van der Waals surface area (Å²) in [5.41, 5.74) is 1.25. The number of aromatic nitrogens is 4. The molecule has 0 saturated carbocycles. The van der Waals surface area contributed by atoms with Gasteiger partial charge in [0.25, 0.3) is 0 Å². The van der Waals surface area contributed by atoms with Gasteiger partial charge >= 0.3 is 0 Å². The van der Waals surface area contributed by atoms with Crippen LogP contribution in [0.5, 0.6) is 0 Å². The average Bonchev–Trinajstić information content (AvgIpc) is 2.93. The lowest BCUT2D eigenvalue weighted by Crippen LogP contribution is -2.14. The highest BCUT2D eigenvalue weighted by Crippen LogP contribution is 2.31. The van der Waals surface area contributed by atoms with Gasteiger partial charge in [-0.15, -0.1) is 0 Å². The van der Waals surface area contributed by atoms with E-state index in [0.717, 1.165) is 12.8 Å². The van der Waals surface area contributed by atoms with E-state index in [4.69, 9.17) is 21.4 Å².